The van der Waals surface area contributed by atoms with Crippen molar-refractivity contribution in [1.29, 1.82) is 0 Å². The predicted octanol–water partition coefficient (Wildman–Crippen LogP) is 4.57. The lowest BCUT2D eigenvalue weighted by atomic mass is 10.0. The average molecular weight is 378 g/mol. The van der Waals surface area contributed by atoms with Crippen molar-refractivity contribution in [1.82, 2.24) is 0 Å². The van der Waals surface area contributed by atoms with E-state index in [-0.39, 0.29) is 15.6 Å². The van der Waals surface area contributed by atoms with E-state index in [4.69, 9.17) is 0 Å². The first-order valence-corrected chi connectivity index (χ1v) is 6.66. The van der Waals surface area contributed by atoms with Gasteiger partial charge in [0.25, 0.3) is 0 Å². The molecule has 0 aliphatic rings. The summed E-state index contributed by atoms with van der Waals surface area (Å²) in [6, 6.07) is 8.77. The minimum absolute atomic E-state index is 0.0330. The molecule has 2 aromatic carbocycles. The molecule has 1 unspecified atom stereocenters. The summed E-state index contributed by atoms with van der Waals surface area (Å²) in [5, 5.41) is 10.1. The Morgan fingerprint density at radius 3 is 2.39 bits per heavy atom. The number of rotatable bonds is 2. The van der Waals surface area contributed by atoms with E-state index in [1.807, 2.05) is 0 Å². The number of aliphatic hydroxyl groups excluding tert-OH is 1. The lowest BCUT2D eigenvalue weighted by Gasteiger charge is -2.14. The van der Waals surface area contributed by atoms with Crippen LogP contribution in [0.4, 0.5) is 8.78 Å². The van der Waals surface area contributed by atoms with Crippen molar-refractivity contribution in [3.8, 4) is 0 Å². The van der Waals surface area contributed by atoms with Gasteiger partial charge in [0.1, 0.15) is 17.7 Å². The molecule has 0 bridgehead atoms. The molecule has 1 N–H and O–H groups in total. The molecule has 0 radical (unpaired) electrons. The Morgan fingerprint density at radius 1 is 1.00 bits per heavy atom. The van der Waals surface area contributed by atoms with Crippen LogP contribution in [0.25, 0.3) is 0 Å². The third-order valence-electron chi connectivity index (χ3n) is 2.53. The van der Waals surface area contributed by atoms with Crippen LogP contribution in [0.2, 0.25) is 0 Å². The first-order valence-electron chi connectivity index (χ1n) is 5.07. The number of hydrogen-bond donors (Lipinski definition) is 1. The van der Waals surface area contributed by atoms with Crippen molar-refractivity contribution in [2.75, 3.05) is 0 Å². The first-order chi connectivity index (χ1) is 8.50. The third kappa shape index (κ3) is 2.63. The van der Waals surface area contributed by atoms with Gasteiger partial charge in [0.15, 0.2) is 0 Å². The predicted molar refractivity (Wildman–Crippen MR) is 72.3 cm³/mol. The SMILES string of the molecule is OC(c1ccc(Br)cc1F)c1cccc(Br)c1F. The minimum atomic E-state index is -1.34. The highest BCUT2D eigenvalue weighted by molar-refractivity contribution is 9.10. The van der Waals surface area contributed by atoms with E-state index in [1.54, 1.807) is 12.1 Å². The zero-order valence-electron chi connectivity index (χ0n) is 9.00. The summed E-state index contributed by atoms with van der Waals surface area (Å²) in [4.78, 5) is 0. The van der Waals surface area contributed by atoms with E-state index in [1.165, 1.54) is 24.3 Å². The molecular weight excluding hydrogens is 370 g/mol. The summed E-state index contributed by atoms with van der Waals surface area (Å²) in [5.41, 5.74) is 0.0702. The van der Waals surface area contributed by atoms with E-state index < -0.39 is 17.7 Å². The van der Waals surface area contributed by atoms with E-state index in [2.05, 4.69) is 31.9 Å². The van der Waals surface area contributed by atoms with Gasteiger partial charge in [-0.25, -0.2) is 8.78 Å². The van der Waals surface area contributed by atoms with Gasteiger partial charge in [-0.05, 0) is 34.1 Å². The van der Waals surface area contributed by atoms with E-state index >= 15 is 0 Å². The van der Waals surface area contributed by atoms with Crippen LogP contribution in [-0.4, -0.2) is 5.11 Å². The summed E-state index contributed by atoms with van der Waals surface area (Å²) in [7, 11) is 0. The fourth-order valence-corrected chi connectivity index (χ4v) is 2.34. The summed E-state index contributed by atoms with van der Waals surface area (Å²) in [5.74, 6) is -1.18. The van der Waals surface area contributed by atoms with Gasteiger partial charge in [-0.1, -0.05) is 34.1 Å². The fraction of sp³-hybridized carbons (Fsp3) is 0.0769. The average Bonchev–Trinajstić information content (AvgIpc) is 2.32. The lowest BCUT2D eigenvalue weighted by Crippen LogP contribution is -2.05. The maximum absolute atomic E-state index is 13.8. The molecule has 0 fully saturated rings. The van der Waals surface area contributed by atoms with Crippen molar-refractivity contribution in [3.05, 3.63) is 68.1 Å². The zero-order chi connectivity index (χ0) is 13.3. The van der Waals surface area contributed by atoms with Crippen LogP contribution in [0.1, 0.15) is 17.2 Å². The van der Waals surface area contributed by atoms with Gasteiger partial charge in [-0.15, -0.1) is 0 Å². The Bertz CT molecular complexity index is 587. The molecule has 94 valence electrons. The maximum atomic E-state index is 13.8. The van der Waals surface area contributed by atoms with Crippen molar-refractivity contribution >= 4 is 31.9 Å². The Balaban J connectivity index is 2.48. The topological polar surface area (TPSA) is 20.2 Å². The first kappa shape index (κ1) is 13.6. The van der Waals surface area contributed by atoms with E-state index in [9.17, 15) is 13.9 Å². The Morgan fingerprint density at radius 2 is 1.72 bits per heavy atom. The zero-order valence-corrected chi connectivity index (χ0v) is 12.2. The fourth-order valence-electron chi connectivity index (χ4n) is 1.62. The van der Waals surface area contributed by atoms with E-state index in [0.29, 0.717) is 4.47 Å². The molecule has 5 heteroatoms. The minimum Gasteiger partial charge on any atom is -0.383 e. The summed E-state index contributed by atoms with van der Waals surface area (Å²) in [6.07, 6.45) is -1.34. The molecule has 0 spiro atoms. The van der Waals surface area contributed by atoms with Crippen molar-refractivity contribution in [2.45, 2.75) is 6.10 Å². The monoisotopic (exact) mass is 376 g/mol. The highest BCUT2D eigenvalue weighted by atomic mass is 79.9. The van der Waals surface area contributed by atoms with Gasteiger partial charge < -0.3 is 5.11 Å². The Kier molecular flexibility index (Phi) is 4.14. The van der Waals surface area contributed by atoms with Gasteiger partial charge in [-0.2, -0.15) is 0 Å². The van der Waals surface area contributed by atoms with Gasteiger partial charge in [-0.3, -0.25) is 0 Å². The molecule has 0 heterocycles. The van der Waals surface area contributed by atoms with Crippen molar-refractivity contribution < 1.29 is 13.9 Å². The Hall–Kier alpha value is -0.780. The lowest BCUT2D eigenvalue weighted by molar-refractivity contribution is 0.209. The molecule has 1 nitrogen and oxygen atoms in total. The molecule has 0 saturated heterocycles. The Labute approximate surface area is 120 Å². The molecule has 0 saturated carbocycles. The number of halogens is 4. The van der Waals surface area contributed by atoms with Crippen LogP contribution in [-0.2, 0) is 0 Å². The van der Waals surface area contributed by atoms with Crippen LogP contribution < -0.4 is 0 Å². The molecule has 2 aromatic rings. The van der Waals surface area contributed by atoms with Crippen LogP contribution in [0, 0.1) is 11.6 Å². The molecule has 0 aliphatic heterocycles. The molecule has 0 aliphatic carbocycles. The van der Waals surface area contributed by atoms with Gasteiger partial charge >= 0.3 is 0 Å². The van der Waals surface area contributed by atoms with E-state index in [0.717, 1.165) is 0 Å². The number of benzene rings is 2. The molecule has 2 rings (SSSR count). The third-order valence-corrected chi connectivity index (χ3v) is 3.64. The van der Waals surface area contributed by atoms with Crippen molar-refractivity contribution in [3.63, 3.8) is 0 Å². The van der Waals surface area contributed by atoms with Crippen LogP contribution in [0.3, 0.4) is 0 Å². The quantitative estimate of drug-likeness (QED) is 0.812. The van der Waals surface area contributed by atoms with Crippen LogP contribution >= 0.6 is 31.9 Å². The smallest absolute Gasteiger partial charge is 0.143 e. The second-order valence-electron chi connectivity index (χ2n) is 3.71. The molecule has 0 amide bonds. The van der Waals surface area contributed by atoms with Crippen molar-refractivity contribution in [2.24, 2.45) is 0 Å². The number of aliphatic hydroxyl groups is 1. The normalized spacial score (nSPS) is 12.5. The highest BCUT2D eigenvalue weighted by Crippen LogP contribution is 2.30. The molecule has 0 aromatic heterocycles. The summed E-state index contributed by atoms with van der Waals surface area (Å²) >= 11 is 6.15. The van der Waals surface area contributed by atoms with Gasteiger partial charge in [0.05, 0.1) is 4.47 Å². The van der Waals surface area contributed by atoms with Gasteiger partial charge in [0.2, 0.25) is 0 Å². The molecule has 1 atom stereocenters. The second kappa shape index (κ2) is 5.47. The second-order valence-corrected chi connectivity index (χ2v) is 5.48. The summed E-state index contributed by atoms with van der Waals surface area (Å²) < 4.78 is 28.3. The molecule has 18 heavy (non-hydrogen) atoms. The highest BCUT2D eigenvalue weighted by Gasteiger charge is 2.19. The summed E-state index contributed by atoms with van der Waals surface area (Å²) in [6.45, 7) is 0. The molecular formula is C13H8Br2F2O. The van der Waals surface area contributed by atoms with Crippen LogP contribution in [0.15, 0.2) is 45.3 Å². The van der Waals surface area contributed by atoms with Gasteiger partial charge in [0, 0.05) is 15.6 Å². The largest absolute Gasteiger partial charge is 0.383 e. The maximum Gasteiger partial charge on any atom is 0.143 e. The standard InChI is InChI=1S/C13H8Br2F2O/c14-7-4-5-8(11(16)6-7)13(18)9-2-1-3-10(15)12(9)17/h1-6,13,18H. The number of hydrogen-bond acceptors (Lipinski definition) is 1. The van der Waals surface area contributed by atoms with Crippen LogP contribution in [0.5, 0.6) is 0 Å².